The predicted molar refractivity (Wildman–Crippen MR) is 35.5 cm³/mol. The summed E-state index contributed by atoms with van der Waals surface area (Å²) < 4.78 is 0. The maximum absolute atomic E-state index is 4.22. The first-order chi connectivity index (χ1) is 4.45. The van der Waals surface area contributed by atoms with Gasteiger partial charge in [0.25, 0.3) is 0 Å². The van der Waals surface area contributed by atoms with E-state index in [0.717, 1.165) is 0 Å². The lowest BCUT2D eigenvalue weighted by Crippen LogP contribution is -2.09. The largest absolute Gasteiger partial charge is 0.191 e. The maximum Gasteiger partial charge on any atom is 0.0709 e. The van der Waals surface area contributed by atoms with Crippen molar-refractivity contribution in [1.82, 2.24) is 0 Å². The molecule has 0 unspecified atom stereocenters. The average molecular weight is 124 g/mol. The van der Waals surface area contributed by atoms with E-state index >= 15 is 0 Å². The molecule has 50 valence electrons. The molecule has 0 aromatic carbocycles. The molecule has 0 amide bonds. The Bertz CT molecular complexity index is 113. The van der Waals surface area contributed by atoms with E-state index in [1.807, 2.05) is 0 Å². The third kappa shape index (κ3) is 0.979. The van der Waals surface area contributed by atoms with Crippen molar-refractivity contribution < 1.29 is 0 Å². The van der Waals surface area contributed by atoms with E-state index in [1.54, 1.807) is 0 Å². The molecule has 0 N–H and O–H groups in total. The number of hydrogen-bond acceptors (Lipinski definition) is 2. The Morgan fingerprint density at radius 2 is 1.33 bits per heavy atom. The van der Waals surface area contributed by atoms with E-state index in [9.17, 15) is 0 Å². The van der Waals surface area contributed by atoms with Gasteiger partial charge in [-0.25, -0.2) is 0 Å². The monoisotopic (exact) mass is 124 g/mol. The fourth-order valence-electron chi connectivity index (χ4n) is 1.68. The Morgan fingerprint density at radius 3 is 1.78 bits per heavy atom. The van der Waals surface area contributed by atoms with Crippen molar-refractivity contribution in [2.24, 2.45) is 10.2 Å². The summed E-state index contributed by atoms with van der Waals surface area (Å²) in [5.41, 5.74) is 0. The highest BCUT2D eigenvalue weighted by molar-refractivity contribution is 4.81. The van der Waals surface area contributed by atoms with Crippen LogP contribution in [0.2, 0.25) is 0 Å². The molecular weight excluding hydrogens is 112 g/mol. The zero-order chi connectivity index (χ0) is 6.10. The Kier molecular flexibility index (Phi) is 1.25. The van der Waals surface area contributed by atoms with Crippen LogP contribution < -0.4 is 0 Å². The summed E-state index contributed by atoms with van der Waals surface area (Å²) in [5.74, 6) is 0. The summed E-state index contributed by atoms with van der Waals surface area (Å²) in [4.78, 5) is 0. The quantitative estimate of drug-likeness (QED) is 0.472. The molecule has 0 aromatic heterocycles. The van der Waals surface area contributed by atoms with Crippen LogP contribution in [0.25, 0.3) is 0 Å². The molecule has 2 nitrogen and oxygen atoms in total. The second kappa shape index (κ2) is 2.09. The van der Waals surface area contributed by atoms with Gasteiger partial charge in [0.15, 0.2) is 0 Å². The molecule has 0 saturated heterocycles. The van der Waals surface area contributed by atoms with Gasteiger partial charge < -0.3 is 0 Å². The second-order valence-electron chi connectivity index (χ2n) is 3.05. The third-order valence-electron chi connectivity index (χ3n) is 2.30. The number of rotatable bonds is 0. The SMILES string of the molecule is C1C[C@H]2CC[C@H](C1)N=N2. The van der Waals surface area contributed by atoms with Gasteiger partial charge in [0.2, 0.25) is 0 Å². The van der Waals surface area contributed by atoms with Crippen molar-refractivity contribution in [1.29, 1.82) is 0 Å². The standard InChI is InChI=1S/C7H12N2/c1-2-6-4-5-7(3-1)9-8-6/h6-7H,1-5H2/t6-,7-/m0/s1. The van der Waals surface area contributed by atoms with Gasteiger partial charge >= 0.3 is 0 Å². The molecule has 1 saturated carbocycles. The number of azo groups is 1. The minimum atomic E-state index is 0.601. The first-order valence-electron chi connectivity index (χ1n) is 3.85. The summed E-state index contributed by atoms with van der Waals surface area (Å²) in [5, 5.41) is 8.43. The van der Waals surface area contributed by atoms with Crippen LogP contribution in [0.15, 0.2) is 10.2 Å². The van der Waals surface area contributed by atoms with Crippen molar-refractivity contribution in [3.05, 3.63) is 0 Å². The van der Waals surface area contributed by atoms with Gasteiger partial charge in [0, 0.05) is 0 Å². The molecule has 3 aliphatic rings. The lowest BCUT2D eigenvalue weighted by atomic mass is 10.1. The minimum Gasteiger partial charge on any atom is -0.191 e. The van der Waals surface area contributed by atoms with Crippen molar-refractivity contribution >= 4 is 0 Å². The zero-order valence-corrected chi connectivity index (χ0v) is 5.58. The fraction of sp³-hybridized carbons (Fsp3) is 1.00. The van der Waals surface area contributed by atoms with Crippen LogP contribution in [0.1, 0.15) is 32.1 Å². The van der Waals surface area contributed by atoms with Crippen LogP contribution in [0.3, 0.4) is 0 Å². The molecule has 2 heterocycles. The summed E-state index contributed by atoms with van der Waals surface area (Å²) in [6.45, 7) is 0. The van der Waals surface area contributed by atoms with Crippen molar-refractivity contribution in [3.63, 3.8) is 0 Å². The number of hydrogen-bond donors (Lipinski definition) is 0. The van der Waals surface area contributed by atoms with Gasteiger partial charge in [-0.15, -0.1) is 0 Å². The van der Waals surface area contributed by atoms with Gasteiger partial charge in [-0.2, -0.15) is 10.2 Å². The minimum absolute atomic E-state index is 0.601. The molecular formula is C7H12N2. The molecule has 2 atom stereocenters. The Balaban J connectivity index is 2.15. The first-order valence-corrected chi connectivity index (χ1v) is 3.85. The maximum atomic E-state index is 4.22. The highest BCUT2D eigenvalue weighted by Crippen LogP contribution is 2.27. The van der Waals surface area contributed by atoms with Crippen LogP contribution in [0, 0.1) is 0 Å². The van der Waals surface area contributed by atoms with E-state index in [0.29, 0.717) is 12.1 Å². The molecule has 2 bridgehead atoms. The Hall–Kier alpha value is -0.400. The van der Waals surface area contributed by atoms with Crippen LogP contribution in [0.5, 0.6) is 0 Å². The summed E-state index contributed by atoms with van der Waals surface area (Å²) in [6.07, 6.45) is 6.53. The van der Waals surface area contributed by atoms with Crippen LogP contribution in [-0.4, -0.2) is 12.1 Å². The molecule has 1 fully saturated rings. The van der Waals surface area contributed by atoms with Gasteiger partial charge in [-0.1, -0.05) is 0 Å². The highest BCUT2D eigenvalue weighted by atomic mass is 15.2. The molecule has 2 heteroatoms. The number of fused-ring (bicyclic) bond motifs is 3. The van der Waals surface area contributed by atoms with E-state index < -0.39 is 0 Å². The highest BCUT2D eigenvalue weighted by Gasteiger charge is 2.22. The zero-order valence-electron chi connectivity index (χ0n) is 5.58. The lowest BCUT2D eigenvalue weighted by molar-refractivity contribution is 0.472. The van der Waals surface area contributed by atoms with Crippen molar-refractivity contribution in [2.75, 3.05) is 0 Å². The van der Waals surface area contributed by atoms with Crippen LogP contribution in [0.4, 0.5) is 0 Å². The third-order valence-corrected chi connectivity index (χ3v) is 2.30. The van der Waals surface area contributed by atoms with E-state index in [-0.39, 0.29) is 0 Å². The molecule has 3 rings (SSSR count). The molecule has 0 spiro atoms. The van der Waals surface area contributed by atoms with E-state index in [4.69, 9.17) is 0 Å². The molecule has 0 aromatic rings. The van der Waals surface area contributed by atoms with Gasteiger partial charge in [0.1, 0.15) is 0 Å². The smallest absolute Gasteiger partial charge is 0.0709 e. The van der Waals surface area contributed by atoms with Crippen LogP contribution in [-0.2, 0) is 0 Å². The summed E-state index contributed by atoms with van der Waals surface area (Å²) in [7, 11) is 0. The molecule has 9 heavy (non-hydrogen) atoms. The topological polar surface area (TPSA) is 24.7 Å². The first kappa shape index (κ1) is 5.39. The van der Waals surface area contributed by atoms with Crippen molar-refractivity contribution in [3.8, 4) is 0 Å². The van der Waals surface area contributed by atoms with Gasteiger partial charge in [-0.05, 0) is 32.1 Å². The van der Waals surface area contributed by atoms with E-state index in [2.05, 4.69) is 10.2 Å². The molecule has 1 aliphatic carbocycles. The second-order valence-corrected chi connectivity index (χ2v) is 3.05. The predicted octanol–water partition coefficient (Wildman–Crippen LogP) is 2.15. The van der Waals surface area contributed by atoms with Gasteiger partial charge in [-0.3, -0.25) is 0 Å². The Labute approximate surface area is 55.4 Å². The Morgan fingerprint density at radius 1 is 0.778 bits per heavy atom. The average Bonchev–Trinajstić information content (AvgIpc) is 2.21. The molecule has 2 aliphatic heterocycles. The summed E-state index contributed by atoms with van der Waals surface area (Å²) >= 11 is 0. The number of nitrogens with zero attached hydrogens (tertiary/aromatic N) is 2. The normalized spacial score (nSPS) is 40.9. The van der Waals surface area contributed by atoms with Crippen molar-refractivity contribution in [2.45, 2.75) is 44.2 Å². The van der Waals surface area contributed by atoms with E-state index in [1.165, 1.54) is 32.1 Å². The lowest BCUT2D eigenvalue weighted by Gasteiger charge is -2.13. The molecule has 0 radical (unpaired) electrons. The van der Waals surface area contributed by atoms with Crippen LogP contribution >= 0.6 is 0 Å². The van der Waals surface area contributed by atoms with Gasteiger partial charge in [0.05, 0.1) is 12.1 Å². The fourth-order valence-corrected chi connectivity index (χ4v) is 1.68. The summed E-state index contributed by atoms with van der Waals surface area (Å²) in [6, 6.07) is 1.20.